The van der Waals surface area contributed by atoms with E-state index in [9.17, 15) is 4.79 Å². The molecule has 0 spiro atoms. The van der Waals surface area contributed by atoms with E-state index in [4.69, 9.17) is 9.84 Å². The van der Waals surface area contributed by atoms with Crippen molar-refractivity contribution >= 4 is 12.2 Å². The number of carbonyl (C=O) groups is 1. The van der Waals surface area contributed by atoms with Crippen LogP contribution in [0.5, 0.6) is 0 Å². The first-order chi connectivity index (χ1) is 11.3. The standard InChI is InChI=1S/C19H37NO3/c1-2-3-4-5-8-11-14-19(22)23-18-13-10-7-6-9-12-15-20-16-17-21/h15,21H,2-14,16-18H2,1H3. The molecule has 0 radical (unpaired) electrons. The number of aliphatic hydroxyl groups excluding tert-OH is 1. The second kappa shape index (κ2) is 19.1. The summed E-state index contributed by atoms with van der Waals surface area (Å²) in [5.41, 5.74) is 0. The number of esters is 1. The number of hydrogen-bond acceptors (Lipinski definition) is 4. The van der Waals surface area contributed by atoms with E-state index in [0.717, 1.165) is 38.5 Å². The molecule has 4 heteroatoms. The molecule has 0 fully saturated rings. The molecule has 0 saturated heterocycles. The summed E-state index contributed by atoms with van der Waals surface area (Å²) in [6.07, 6.45) is 16.3. The van der Waals surface area contributed by atoms with E-state index < -0.39 is 0 Å². The van der Waals surface area contributed by atoms with Gasteiger partial charge in [-0.15, -0.1) is 0 Å². The van der Waals surface area contributed by atoms with Crippen LogP contribution in [0.1, 0.15) is 90.4 Å². The molecular formula is C19H37NO3. The highest BCUT2D eigenvalue weighted by atomic mass is 16.5. The first-order valence-corrected chi connectivity index (χ1v) is 9.56. The lowest BCUT2D eigenvalue weighted by Crippen LogP contribution is -2.05. The van der Waals surface area contributed by atoms with Crippen LogP contribution < -0.4 is 0 Å². The van der Waals surface area contributed by atoms with Crippen molar-refractivity contribution in [3.8, 4) is 0 Å². The highest BCUT2D eigenvalue weighted by Crippen LogP contribution is 2.08. The number of hydrogen-bond donors (Lipinski definition) is 1. The molecule has 0 aromatic rings. The molecule has 0 bridgehead atoms. The Kier molecular flexibility index (Phi) is 18.4. The summed E-state index contributed by atoms with van der Waals surface area (Å²) >= 11 is 0. The molecule has 0 amide bonds. The van der Waals surface area contributed by atoms with Crippen LogP contribution in [0.15, 0.2) is 4.99 Å². The Balaban J connectivity index is 3.17. The van der Waals surface area contributed by atoms with Gasteiger partial charge in [0.1, 0.15) is 0 Å². The number of rotatable bonds is 17. The van der Waals surface area contributed by atoms with Crippen molar-refractivity contribution in [2.24, 2.45) is 4.99 Å². The molecule has 23 heavy (non-hydrogen) atoms. The van der Waals surface area contributed by atoms with Crippen LogP contribution in [0.3, 0.4) is 0 Å². The highest BCUT2D eigenvalue weighted by molar-refractivity contribution is 5.69. The third-order valence-electron chi connectivity index (χ3n) is 3.83. The van der Waals surface area contributed by atoms with Gasteiger partial charge in [-0.25, -0.2) is 0 Å². The summed E-state index contributed by atoms with van der Waals surface area (Å²) in [6.45, 7) is 3.44. The Bertz CT molecular complexity index is 280. The lowest BCUT2D eigenvalue weighted by atomic mass is 10.1. The zero-order chi connectivity index (χ0) is 17.0. The van der Waals surface area contributed by atoms with Crippen LogP contribution in [0.25, 0.3) is 0 Å². The monoisotopic (exact) mass is 327 g/mol. The first-order valence-electron chi connectivity index (χ1n) is 9.56. The Morgan fingerprint density at radius 3 is 2.35 bits per heavy atom. The van der Waals surface area contributed by atoms with E-state index in [-0.39, 0.29) is 12.6 Å². The van der Waals surface area contributed by atoms with Crippen molar-refractivity contribution in [1.82, 2.24) is 0 Å². The quantitative estimate of drug-likeness (QED) is 0.240. The summed E-state index contributed by atoms with van der Waals surface area (Å²) in [6, 6.07) is 0. The second-order valence-corrected chi connectivity index (χ2v) is 6.11. The minimum absolute atomic E-state index is 0.0272. The zero-order valence-corrected chi connectivity index (χ0v) is 15.1. The van der Waals surface area contributed by atoms with E-state index in [1.807, 2.05) is 6.21 Å². The van der Waals surface area contributed by atoms with Gasteiger partial charge < -0.3 is 9.84 Å². The average molecular weight is 328 g/mol. The molecule has 4 nitrogen and oxygen atoms in total. The maximum atomic E-state index is 11.5. The molecule has 0 rings (SSSR count). The summed E-state index contributed by atoms with van der Waals surface area (Å²) in [4.78, 5) is 15.6. The van der Waals surface area contributed by atoms with Crippen molar-refractivity contribution < 1.29 is 14.6 Å². The van der Waals surface area contributed by atoms with Crippen LogP contribution in [0, 0.1) is 0 Å². The predicted octanol–water partition coefficient (Wildman–Crippen LogP) is 4.68. The Morgan fingerprint density at radius 1 is 0.957 bits per heavy atom. The largest absolute Gasteiger partial charge is 0.466 e. The maximum Gasteiger partial charge on any atom is 0.305 e. The number of ether oxygens (including phenoxy) is 1. The molecule has 0 aliphatic heterocycles. The van der Waals surface area contributed by atoms with E-state index >= 15 is 0 Å². The first kappa shape index (κ1) is 22.1. The van der Waals surface area contributed by atoms with E-state index in [1.54, 1.807) is 0 Å². The van der Waals surface area contributed by atoms with Gasteiger partial charge in [-0.3, -0.25) is 9.79 Å². The molecule has 0 unspecified atom stereocenters. The summed E-state index contributed by atoms with van der Waals surface area (Å²) in [7, 11) is 0. The molecule has 0 aromatic heterocycles. The lowest BCUT2D eigenvalue weighted by Gasteiger charge is -2.05. The zero-order valence-electron chi connectivity index (χ0n) is 15.1. The van der Waals surface area contributed by atoms with Crippen LogP contribution in [-0.4, -0.2) is 37.0 Å². The molecule has 0 saturated carbocycles. The molecule has 0 heterocycles. The van der Waals surface area contributed by atoms with E-state index in [2.05, 4.69) is 11.9 Å². The lowest BCUT2D eigenvalue weighted by molar-refractivity contribution is -0.143. The Hall–Kier alpha value is -0.900. The smallest absolute Gasteiger partial charge is 0.305 e. The topological polar surface area (TPSA) is 58.9 Å². The minimum Gasteiger partial charge on any atom is -0.466 e. The van der Waals surface area contributed by atoms with Gasteiger partial charge in [0, 0.05) is 6.42 Å². The number of unbranched alkanes of at least 4 members (excludes halogenated alkanes) is 10. The van der Waals surface area contributed by atoms with Crippen molar-refractivity contribution in [3.63, 3.8) is 0 Å². The van der Waals surface area contributed by atoms with Crippen molar-refractivity contribution in [2.75, 3.05) is 19.8 Å². The summed E-state index contributed by atoms with van der Waals surface area (Å²) in [5, 5.41) is 8.57. The molecule has 0 aliphatic rings. The summed E-state index contributed by atoms with van der Waals surface area (Å²) in [5.74, 6) is -0.0272. The average Bonchev–Trinajstić information content (AvgIpc) is 2.56. The molecule has 0 aliphatic carbocycles. The fraction of sp³-hybridized carbons (Fsp3) is 0.895. The normalized spacial score (nSPS) is 11.2. The fourth-order valence-electron chi connectivity index (χ4n) is 2.42. The minimum atomic E-state index is -0.0272. The Labute approximate surface area is 142 Å². The van der Waals surface area contributed by atoms with Gasteiger partial charge in [0.05, 0.1) is 19.8 Å². The Morgan fingerprint density at radius 2 is 1.61 bits per heavy atom. The van der Waals surface area contributed by atoms with E-state index in [0.29, 0.717) is 19.6 Å². The van der Waals surface area contributed by atoms with Crippen LogP contribution in [0.4, 0.5) is 0 Å². The van der Waals surface area contributed by atoms with Crippen molar-refractivity contribution in [2.45, 2.75) is 90.4 Å². The number of nitrogens with zero attached hydrogens (tertiary/aromatic N) is 1. The van der Waals surface area contributed by atoms with Crippen molar-refractivity contribution in [1.29, 1.82) is 0 Å². The van der Waals surface area contributed by atoms with Crippen LogP contribution in [-0.2, 0) is 9.53 Å². The predicted molar refractivity (Wildman–Crippen MR) is 97.1 cm³/mol. The van der Waals surface area contributed by atoms with Gasteiger partial charge in [0.25, 0.3) is 0 Å². The SMILES string of the molecule is CCCCCCCCC(=O)OCCCCCCCC=NCCO. The van der Waals surface area contributed by atoms with Gasteiger partial charge in [-0.1, -0.05) is 58.3 Å². The molecule has 136 valence electrons. The van der Waals surface area contributed by atoms with Gasteiger partial charge in [0.2, 0.25) is 0 Å². The third-order valence-corrected chi connectivity index (χ3v) is 3.83. The van der Waals surface area contributed by atoms with Crippen LogP contribution >= 0.6 is 0 Å². The van der Waals surface area contributed by atoms with Gasteiger partial charge in [-0.05, 0) is 31.9 Å². The maximum absolute atomic E-state index is 11.5. The van der Waals surface area contributed by atoms with Gasteiger partial charge >= 0.3 is 5.97 Å². The highest BCUT2D eigenvalue weighted by Gasteiger charge is 2.02. The molecule has 0 aromatic carbocycles. The van der Waals surface area contributed by atoms with Crippen LogP contribution in [0.2, 0.25) is 0 Å². The summed E-state index contributed by atoms with van der Waals surface area (Å²) < 4.78 is 5.26. The third kappa shape index (κ3) is 19.1. The molecule has 0 atom stereocenters. The van der Waals surface area contributed by atoms with Crippen molar-refractivity contribution in [3.05, 3.63) is 0 Å². The second-order valence-electron chi connectivity index (χ2n) is 6.11. The molecular weight excluding hydrogens is 290 g/mol. The number of carbonyl (C=O) groups excluding carboxylic acids is 1. The molecule has 1 N–H and O–H groups in total. The van der Waals surface area contributed by atoms with Gasteiger partial charge in [-0.2, -0.15) is 0 Å². The van der Waals surface area contributed by atoms with E-state index in [1.165, 1.54) is 38.5 Å². The fourth-order valence-corrected chi connectivity index (χ4v) is 2.42. The number of aliphatic hydroxyl groups is 1. The van der Waals surface area contributed by atoms with Gasteiger partial charge in [0.15, 0.2) is 0 Å². The number of aliphatic imine (C=N–C) groups is 1.